The summed E-state index contributed by atoms with van der Waals surface area (Å²) in [5.41, 5.74) is 3.44. The molecule has 3 rings (SSSR count). The third kappa shape index (κ3) is 1.07. The highest BCUT2D eigenvalue weighted by molar-refractivity contribution is 7.71. The van der Waals surface area contributed by atoms with Crippen molar-refractivity contribution < 1.29 is 0 Å². The van der Waals surface area contributed by atoms with Gasteiger partial charge in [-0.05, 0) is 38.9 Å². The third-order valence-electron chi connectivity index (χ3n) is 3.35. The predicted molar refractivity (Wildman–Crippen MR) is 61.5 cm³/mol. The van der Waals surface area contributed by atoms with E-state index in [1.54, 1.807) is 0 Å². The molecule has 0 unspecified atom stereocenters. The fraction of sp³-hybridized carbons (Fsp3) is 0.600. The maximum atomic E-state index is 5.38. The van der Waals surface area contributed by atoms with Crippen LogP contribution >= 0.6 is 12.2 Å². The van der Waals surface area contributed by atoms with Gasteiger partial charge in [-0.1, -0.05) is 0 Å². The second-order valence-electron chi connectivity index (χ2n) is 4.67. The number of fused-ring (bicyclic) bond motifs is 1. The van der Waals surface area contributed by atoms with E-state index in [0.29, 0.717) is 0 Å². The molecule has 80 valence electrons. The summed E-state index contributed by atoms with van der Waals surface area (Å²) >= 11 is 5.38. The highest BCUT2D eigenvalue weighted by Gasteiger charge is 2.41. The number of aromatic nitrogens is 4. The van der Waals surface area contributed by atoms with E-state index in [1.807, 2.05) is 18.7 Å². The fourth-order valence-corrected chi connectivity index (χ4v) is 2.62. The van der Waals surface area contributed by atoms with Gasteiger partial charge in [0.1, 0.15) is 5.52 Å². The molecule has 0 saturated heterocycles. The zero-order chi connectivity index (χ0) is 10.8. The van der Waals surface area contributed by atoms with E-state index in [0.717, 1.165) is 21.6 Å². The van der Waals surface area contributed by atoms with Crippen molar-refractivity contribution in [3.05, 3.63) is 10.5 Å². The lowest BCUT2D eigenvalue weighted by atomic mass is 10.3. The fourth-order valence-electron chi connectivity index (χ4n) is 2.21. The molecule has 1 aliphatic rings. The first-order chi connectivity index (χ1) is 7.03. The molecule has 15 heavy (non-hydrogen) atoms. The zero-order valence-corrected chi connectivity index (χ0v) is 9.98. The molecule has 0 aliphatic heterocycles. The number of aromatic amines is 1. The number of hydrogen-bond donors (Lipinski definition) is 1. The Morgan fingerprint density at radius 3 is 2.73 bits per heavy atom. The van der Waals surface area contributed by atoms with Gasteiger partial charge >= 0.3 is 0 Å². The average molecular weight is 222 g/mol. The minimum Gasteiger partial charge on any atom is -0.328 e. The number of nitrogens with zero attached hydrogens (tertiary/aromatic N) is 3. The number of nitrogens with one attached hydrogen (secondary N) is 1. The summed E-state index contributed by atoms with van der Waals surface area (Å²) in [6, 6.07) is 0. The van der Waals surface area contributed by atoms with Gasteiger partial charge in [-0.15, -0.1) is 0 Å². The molecule has 0 bridgehead atoms. The summed E-state index contributed by atoms with van der Waals surface area (Å²) in [4.78, 5) is 3.26. The molecular formula is C10H14N4S. The van der Waals surface area contributed by atoms with Crippen molar-refractivity contribution in [2.24, 2.45) is 7.05 Å². The largest absolute Gasteiger partial charge is 0.328 e. The topological polar surface area (TPSA) is 38.5 Å². The number of imidazole rings is 1. The van der Waals surface area contributed by atoms with Crippen LogP contribution in [0.3, 0.4) is 0 Å². The third-order valence-corrected chi connectivity index (χ3v) is 3.64. The lowest BCUT2D eigenvalue weighted by molar-refractivity contribution is 0.526. The maximum Gasteiger partial charge on any atom is 0.179 e. The molecule has 1 N–H and O–H groups in total. The van der Waals surface area contributed by atoms with Crippen LogP contribution in [-0.2, 0) is 12.6 Å². The van der Waals surface area contributed by atoms with Gasteiger partial charge in [-0.2, -0.15) is 5.10 Å². The minimum absolute atomic E-state index is 0.218. The SMILES string of the molecule is Cc1nn(C)c2c1[nH]c(=S)n2C1(C)CC1. The molecule has 1 fully saturated rings. The van der Waals surface area contributed by atoms with Crippen LogP contribution in [0.25, 0.3) is 11.2 Å². The van der Waals surface area contributed by atoms with Crippen LogP contribution in [0.15, 0.2) is 0 Å². The molecule has 5 heteroatoms. The van der Waals surface area contributed by atoms with Gasteiger partial charge in [0.05, 0.1) is 5.69 Å². The first kappa shape index (κ1) is 9.15. The van der Waals surface area contributed by atoms with Gasteiger partial charge in [0.2, 0.25) is 0 Å². The van der Waals surface area contributed by atoms with Crippen LogP contribution in [0, 0.1) is 11.7 Å². The summed E-state index contributed by atoms with van der Waals surface area (Å²) in [7, 11) is 1.97. The van der Waals surface area contributed by atoms with Crippen LogP contribution < -0.4 is 0 Å². The van der Waals surface area contributed by atoms with E-state index in [2.05, 4.69) is 21.6 Å². The summed E-state index contributed by atoms with van der Waals surface area (Å²) in [5.74, 6) is 0. The Labute approximate surface area is 92.9 Å². The Bertz CT molecular complexity index is 597. The molecule has 2 aromatic rings. The molecule has 0 spiro atoms. The second kappa shape index (κ2) is 2.52. The number of H-pyrrole nitrogens is 1. The van der Waals surface area contributed by atoms with Gasteiger partial charge in [0.15, 0.2) is 10.4 Å². The van der Waals surface area contributed by atoms with Gasteiger partial charge < -0.3 is 4.98 Å². The summed E-state index contributed by atoms with van der Waals surface area (Å²) in [6.45, 7) is 4.26. The minimum atomic E-state index is 0.218. The van der Waals surface area contributed by atoms with Gasteiger partial charge in [-0.3, -0.25) is 9.25 Å². The molecule has 1 aliphatic carbocycles. The molecule has 2 aromatic heterocycles. The van der Waals surface area contributed by atoms with Crippen molar-refractivity contribution in [3.8, 4) is 0 Å². The highest BCUT2D eigenvalue weighted by atomic mass is 32.1. The first-order valence-electron chi connectivity index (χ1n) is 5.18. The Morgan fingerprint density at radius 1 is 1.47 bits per heavy atom. The smallest absolute Gasteiger partial charge is 0.179 e. The first-order valence-corrected chi connectivity index (χ1v) is 5.58. The zero-order valence-electron chi connectivity index (χ0n) is 9.16. The Morgan fingerprint density at radius 2 is 2.13 bits per heavy atom. The Kier molecular flexibility index (Phi) is 1.54. The molecule has 1 saturated carbocycles. The van der Waals surface area contributed by atoms with Gasteiger partial charge in [0, 0.05) is 12.6 Å². The maximum absolute atomic E-state index is 5.38. The molecule has 0 aromatic carbocycles. The van der Waals surface area contributed by atoms with Crippen molar-refractivity contribution in [2.45, 2.75) is 32.2 Å². The molecule has 2 heterocycles. The second-order valence-corrected chi connectivity index (χ2v) is 5.06. The van der Waals surface area contributed by atoms with Crippen molar-refractivity contribution in [1.82, 2.24) is 19.3 Å². The van der Waals surface area contributed by atoms with Crippen LogP contribution in [0.4, 0.5) is 0 Å². The quantitative estimate of drug-likeness (QED) is 0.752. The van der Waals surface area contributed by atoms with Crippen molar-refractivity contribution >= 4 is 23.4 Å². The van der Waals surface area contributed by atoms with Crippen LogP contribution in [-0.4, -0.2) is 19.3 Å². The molecule has 4 nitrogen and oxygen atoms in total. The van der Waals surface area contributed by atoms with E-state index in [9.17, 15) is 0 Å². The molecule has 0 amide bonds. The highest BCUT2D eigenvalue weighted by Crippen LogP contribution is 2.44. The standard InChI is InChI=1S/C10H14N4S/c1-6-7-8(13(3)12-6)14(9(15)11-7)10(2)4-5-10/h4-5H2,1-3H3,(H,11,15). The Hall–Kier alpha value is -1.10. The predicted octanol–water partition coefficient (Wildman–Crippen LogP) is 2.25. The van der Waals surface area contributed by atoms with E-state index in [-0.39, 0.29) is 5.54 Å². The van der Waals surface area contributed by atoms with Gasteiger partial charge in [-0.25, -0.2) is 0 Å². The number of rotatable bonds is 1. The van der Waals surface area contributed by atoms with E-state index >= 15 is 0 Å². The van der Waals surface area contributed by atoms with Crippen LogP contribution in [0.1, 0.15) is 25.5 Å². The molecule has 0 radical (unpaired) electrons. The van der Waals surface area contributed by atoms with Crippen molar-refractivity contribution in [3.63, 3.8) is 0 Å². The normalized spacial score (nSPS) is 18.6. The lowest BCUT2D eigenvalue weighted by Crippen LogP contribution is -2.14. The van der Waals surface area contributed by atoms with Crippen LogP contribution in [0.5, 0.6) is 0 Å². The van der Waals surface area contributed by atoms with E-state index < -0.39 is 0 Å². The van der Waals surface area contributed by atoms with Gasteiger partial charge in [0.25, 0.3) is 0 Å². The number of hydrogen-bond acceptors (Lipinski definition) is 2. The Balaban J connectivity index is 2.46. The number of aryl methyl sites for hydroxylation is 2. The summed E-state index contributed by atoms with van der Waals surface area (Å²) < 4.78 is 4.96. The van der Waals surface area contributed by atoms with Crippen molar-refractivity contribution in [2.75, 3.05) is 0 Å². The van der Waals surface area contributed by atoms with Crippen LogP contribution in [0.2, 0.25) is 0 Å². The molecular weight excluding hydrogens is 208 g/mol. The summed E-state index contributed by atoms with van der Waals surface area (Å²) in [6.07, 6.45) is 2.41. The van der Waals surface area contributed by atoms with E-state index in [1.165, 1.54) is 12.8 Å². The summed E-state index contributed by atoms with van der Waals surface area (Å²) in [5, 5.41) is 4.41. The lowest BCUT2D eigenvalue weighted by Gasteiger charge is -2.11. The van der Waals surface area contributed by atoms with Crippen molar-refractivity contribution in [1.29, 1.82) is 0 Å². The molecule has 0 atom stereocenters. The average Bonchev–Trinajstić information content (AvgIpc) is 2.68. The monoisotopic (exact) mass is 222 g/mol. The van der Waals surface area contributed by atoms with E-state index in [4.69, 9.17) is 12.2 Å².